The zero-order valence-electron chi connectivity index (χ0n) is 17.5. The van der Waals surface area contributed by atoms with Crippen LogP contribution >= 0.6 is 24.0 Å². The normalized spacial score (nSPS) is 19.5. The van der Waals surface area contributed by atoms with Crippen molar-refractivity contribution in [2.45, 2.75) is 65.0 Å². The molecule has 0 spiro atoms. The number of nitrogens with zero attached hydrogens (tertiary/aromatic N) is 3. The predicted molar refractivity (Wildman–Crippen MR) is 127 cm³/mol. The summed E-state index contributed by atoms with van der Waals surface area (Å²) < 4.78 is 2.07. The molecule has 1 amide bonds. The van der Waals surface area contributed by atoms with E-state index in [0.717, 1.165) is 18.4 Å². The highest BCUT2D eigenvalue weighted by molar-refractivity contribution is 8.26. The van der Waals surface area contributed by atoms with Crippen LogP contribution in [0.4, 0.5) is 5.82 Å². The van der Waals surface area contributed by atoms with Gasteiger partial charge in [0.15, 0.2) is 0 Å². The van der Waals surface area contributed by atoms with E-state index in [2.05, 4.69) is 5.32 Å². The summed E-state index contributed by atoms with van der Waals surface area (Å²) in [6.07, 6.45) is 9.16. The molecule has 158 valence electrons. The molecule has 2 aromatic rings. The standard InChI is InChI=1S/C22H26N4O2S2/c1-13(2)26-21(28)17(30-22(26)29)11-16-19(23-15-7-5-4-6-8-15)24-18-10-9-14(3)12-25(18)20(16)27/h9-13,15,23H,4-8H2,1-3H3. The van der Waals surface area contributed by atoms with Crippen LogP contribution in [0, 0.1) is 6.92 Å². The Morgan fingerprint density at radius 2 is 1.97 bits per heavy atom. The zero-order chi connectivity index (χ0) is 21.4. The number of pyridine rings is 1. The lowest BCUT2D eigenvalue weighted by Crippen LogP contribution is -2.34. The van der Waals surface area contributed by atoms with Gasteiger partial charge < -0.3 is 5.32 Å². The van der Waals surface area contributed by atoms with Crippen LogP contribution in [0.3, 0.4) is 0 Å². The number of carbonyl (C=O) groups excluding carboxylic acids is 1. The third-order valence-electron chi connectivity index (χ3n) is 5.57. The van der Waals surface area contributed by atoms with Gasteiger partial charge in [0.05, 0.1) is 10.5 Å². The number of rotatable bonds is 4. The number of fused-ring (bicyclic) bond motifs is 1. The van der Waals surface area contributed by atoms with Crippen molar-refractivity contribution in [2.24, 2.45) is 0 Å². The lowest BCUT2D eigenvalue weighted by Gasteiger charge is -2.24. The average molecular weight is 443 g/mol. The number of aryl methyl sites for hydroxylation is 1. The quantitative estimate of drug-likeness (QED) is 0.561. The van der Waals surface area contributed by atoms with E-state index in [4.69, 9.17) is 17.2 Å². The van der Waals surface area contributed by atoms with Crippen LogP contribution in [0.5, 0.6) is 0 Å². The molecule has 1 N–H and O–H groups in total. The molecule has 30 heavy (non-hydrogen) atoms. The van der Waals surface area contributed by atoms with Gasteiger partial charge in [-0.3, -0.25) is 18.9 Å². The van der Waals surface area contributed by atoms with Gasteiger partial charge >= 0.3 is 0 Å². The molecular formula is C22H26N4O2S2. The average Bonchev–Trinajstić information content (AvgIpc) is 2.99. The molecule has 0 bridgehead atoms. The van der Waals surface area contributed by atoms with Gasteiger partial charge in [0, 0.05) is 18.3 Å². The van der Waals surface area contributed by atoms with Gasteiger partial charge in [-0.25, -0.2) is 4.98 Å². The smallest absolute Gasteiger partial charge is 0.267 e. The molecule has 4 rings (SSSR count). The summed E-state index contributed by atoms with van der Waals surface area (Å²) in [5, 5.41) is 3.49. The number of carbonyl (C=O) groups is 1. The molecule has 3 heterocycles. The first-order chi connectivity index (χ1) is 14.3. The molecule has 0 atom stereocenters. The van der Waals surface area contributed by atoms with Crippen molar-refractivity contribution in [1.29, 1.82) is 0 Å². The Hall–Kier alpha value is -2.19. The van der Waals surface area contributed by atoms with E-state index in [-0.39, 0.29) is 23.6 Å². The number of hydrogen-bond acceptors (Lipinski definition) is 6. The van der Waals surface area contributed by atoms with Gasteiger partial charge in [0.1, 0.15) is 15.8 Å². The lowest BCUT2D eigenvalue weighted by molar-refractivity contribution is -0.123. The second-order valence-corrected chi connectivity index (χ2v) is 9.91. The van der Waals surface area contributed by atoms with Crippen molar-refractivity contribution in [3.8, 4) is 0 Å². The van der Waals surface area contributed by atoms with Crippen molar-refractivity contribution >= 4 is 51.7 Å². The maximum Gasteiger partial charge on any atom is 0.267 e. The second-order valence-electron chi connectivity index (χ2n) is 8.24. The number of nitrogens with one attached hydrogen (secondary N) is 1. The van der Waals surface area contributed by atoms with Crippen LogP contribution in [0.25, 0.3) is 11.7 Å². The molecule has 1 saturated carbocycles. The van der Waals surface area contributed by atoms with E-state index in [1.54, 1.807) is 21.6 Å². The molecular weight excluding hydrogens is 416 g/mol. The summed E-state index contributed by atoms with van der Waals surface area (Å²) in [7, 11) is 0. The van der Waals surface area contributed by atoms with Crippen LogP contribution in [0.15, 0.2) is 28.0 Å². The fourth-order valence-corrected chi connectivity index (χ4v) is 5.50. The first kappa shape index (κ1) is 21.1. The predicted octanol–water partition coefficient (Wildman–Crippen LogP) is 4.36. The molecule has 8 heteroatoms. The molecule has 2 fully saturated rings. The first-order valence-electron chi connectivity index (χ1n) is 10.4. The Labute approximate surface area is 185 Å². The summed E-state index contributed by atoms with van der Waals surface area (Å²) >= 11 is 6.63. The molecule has 2 aliphatic rings. The Bertz CT molecular complexity index is 1100. The van der Waals surface area contributed by atoms with Gasteiger partial charge in [-0.15, -0.1) is 0 Å². The van der Waals surface area contributed by atoms with Crippen molar-refractivity contribution < 1.29 is 4.79 Å². The summed E-state index contributed by atoms with van der Waals surface area (Å²) in [5.74, 6) is 0.392. The van der Waals surface area contributed by atoms with Crippen LogP contribution in [-0.2, 0) is 4.79 Å². The SMILES string of the molecule is Cc1ccc2nc(NC3CCCCC3)c(C=C3SC(=S)N(C(C)C)C3=O)c(=O)n2c1. The highest BCUT2D eigenvalue weighted by Gasteiger charge is 2.34. The second kappa shape index (κ2) is 8.51. The molecule has 1 saturated heterocycles. The van der Waals surface area contributed by atoms with Crippen molar-refractivity contribution in [3.05, 3.63) is 44.7 Å². The Morgan fingerprint density at radius 1 is 1.23 bits per heavy atom. The van der Waals surface area contributed by atoms with Gasteiger partial charge in [0.25, 0.3) is 11.5 Å². The third-order valence-corrected chi connectivity index (χ3v) is 6.90. The monoisotopic (exact) mass is 442 g/mol. The van der Waals surface area contributed by atoms with Gasteiger partial charge in [-0.1, -0.05) is 49.3 Å². The van der Waals surface area contributed by atoms with Crippen LogP contribution < -0.4 is 10.9 Å². The minimum atomic E-state index is -0.183. The maximum atomic E-state index is 13.4. The van der Waals surface area contributed by atoms with Crippen molar-refractivity contribution in [1.82, 2.24) is 14.3 Å². The van der Waals surface area contributed by atoms with Gasteiger partial charge in [-0.05, 0) is 51.3 Å². The Kier molecular flexibility index (Phi) is 5.97. The van der Waals surface area contributed by atoms with Gasteiger partial charge in [-0.2, -0.15) is 0 Å². The summed E-state index contributed by atoms with van der Waals surface area (Å²) in [5.41, 5.74) is 1.79. The van der Waals surface area contributed by atoms with Crippen molar-refractivity contribution in [2.75, 3.05) is 5.32 Å². The summed E-state index contributed by atoms with van der Waals surface area (Å²) in [6.45, 7) is 5.80. The number of hydrogen-bond donors (Lipinski definition) is 1. The maximum absolute atomic E-state index is 13.4. The molecule has 1 aliphatic carbocycles. The molecule has 6 nitrogen and oxygen atoms in total. The van der Waals surface area contributed by atoms with E-state index in [1.165, 1.54) is 31.0 Å². The molecule has 0 radical (unpaired) electrons. The largest absolute Gasteiger partial charge is 0.367 e. The van der Waals surface area contributed by atoms with E-state index in [9.17, 15) is 9.59 Å². The minimum Gasteiger partial charge on any atom is -0.367 e. The molecule has 2 aromatic heterocycles. The fraction of sp³-hybridized carbons (Fsp3) is 0.455. The molecule has 0 aromatic carbocycles. The fourth-order valence-electron chi connectivity index (χ4n) is 4.00. The first-order valence-corrected chi connectivity index (χ1v) is 11.6. The Balaban J connectivity index is 1.83. The van der Waals surface area contributed by atoms with Crippen LogP contribution in [0.2, 0.25) is 0 Å². The number of aromatic nitrogens is 2. The van der Waals surface area contributed by atoms with Gasteiger partial charge in [0.2, 0.25) is 0 Å². The summed E-state index contributed by atoms with van der Waals surface area (Å²) in [6, 6.07) is 4.06. The third kappa shape index (κ3) is 4.03. The zero-order valence-corrected chi connectivity index (χ0v) is 19.1. The highest BCUT2D eigenvalue weighted by Crippen LogP contribution is 2.34. The van der Waals surface area contributed by atoms with E-state index >= 15 is 0 Å². The number of anilines is 1. The number of thioether (sulfide) groups is 1. The summed E-state index contributed by atoms with van der Waals surface area (Å²) in [4.78, 5) is 33.1. The van der Waals surface area contributed by atoms with Crippen molar-refractivity contribution in [3.63, 3.8) is 0 Å². The van der Waals surface area contributed by atoms with E-state index in [0.29, 0.717) is 26.3 Å². The minimum absolute atomic E-state index is 0.0262. The van der Waals surface area contributed by atoms with Crippen LogP contribution in [0.1, 0.15) is 57.1 Å². The van der Waals surface area contributed by atoms with E-state index < -0.39 is 0 Å². The lowest BCUT2D eigenvalue weighted by atomic mass is 9.95. The number of amides is 1. The Morgan fingerprint density at radius 3 is 2.63 bits per heavy atom. The molecule has 0 unspecified atom stereocenters. The number of thiocarbonyl (C=S) groups is 1. The topological polar surface area (TPSA) is 66.7 Å². The van der Waals surface area contributed by atoms with Crippen LogP contribution in [-0.4, -0.2) is 36.6 Å². The van der Waals surface area contributed by atoms with E-state index in [1.807, 2.05) is 32.9 Å². The highest BCUT2D eigenvalue weighted by atomic mass is 32.2. The molecule has 1 aliphatic heterocycles.